The minimum absolute atomic E-state index is 0.0142. The van der Waals surface area contributed by atoms with Gasteiger partial charge in [-0.1, -0.05) is 27.2 Å². The van der Waals surface area contributed by atoms with Crippen molar-refractivity contribution in [2.45, 2.75) is 91.1 Å². The van der Waals surface area contributed by atoms with Crippen molar-refractivity contribution < 1.29 is 20.1 Å². The fourth-order valence-electron chi connectivity index (χ4n) is 8.72. The van der Waals surface area contributed by atoms with Gasteiger partial charge in [0.25, 0.3) is 0 Å². The summed E-state index contributed by atoms with van der Waals surface area (Å²) < 4.78 is 0. The van der Waals surface area contributed by atoms with Gasteiger partial charge in [-0.3, -0.25) is 4.79 Å². The van der Waals surface area contributed by atoms with Crippen LogP contribution >= 0.6 is 0 Å². The van der Waals surface area contributed by atoms with Crippen molar-refractivity contribution in [3.63, 3.8) is 0 Å². The molecule has 2 unspecified atom stereocenters. The molecule has 2 bridgehead atoms. The predicted octanol–water partition coefficient (Wildman–Crippen LogP) is 3.99. The molecule has 3 N–H and O–H groups in total. The fourth-order valence-corrected chi connectivity index (χ4v) is 8.72. The van der Waals surface area contributed by atoms with E-state index in [4.69, 9.17) is 0 Å². The standard InChI is InChI=1S/C22H36O4/c1-17(16(24)25)7-5-8-19(3)18(17,2)10-11-21-12-15(6-9-20(19,21)4)22(26,13-21)14-23/h15,23,26H,5-14H2,1-4H3,(H,24,25)/t15?,17-,18+,19+,20-,21?,22-/m0/s1. The van der Waals surface area contributed by atoms with E-state index in [-0.39, 0.29) is 34.2 Å². The van der Waals surface area contributed by atoms with E-state index >= 15 is 0 Å². The fraction of sp³-hybridized carbons (Fsp3) is 0.955. The van der Waals surface area contributed by atoms with Crippen LogP contribution in [0.5, 0.6) is 0 Å². The van der Waals surface area contributed by atoms with Gasteiger partial charge in [0, 0.05) is 0 Å². The highest BCUT2D eigenvalue weighted by Gasteiger charge is 2.76. The third kappa shape index (κ3) is 1.73. The van der Waals surface area contributed by atoms with Gasteiger partial charge >= 0.3 is 5.97 Å². The summed E-state index contributed by atoms with van der Waals surface area (Å²) in [6.45, 7) is 8.86. The van der Waals surface area contributed by atoms with Crippen molar-refractivity contribution in [2.75, 3.05) is 6.61 Å². The van der Waals surface area contributed by atoms with Crippen molar-refractivity contribution in [1.82, 2.24) is 0 Å². The minimum Gasteiger partial charge on any atom is -0.481 e. The van der Waals surface area contributed by atoms with E-state index in [1.165, 1.54) is 0 Å². The maximum atomic E-state index is 12.4. The summed E-state index contributed by atoms with van der Waals surface area (Å²) in [6.07, 6.45) is 8.38. The number of carbonyl (C=O) groups is 1. The van der Waals surface area contributed by atoms with Crippen LogP contribution in [0.25, 0.3) is 0 Å². The summed E-state index contributed by atoms with van der Waals surface area (Å²) in [5, 5.41) is 31.2. The number of carboxylic acid groups (broad SMARTS) is 1. The van der Waals surface area contributed by atoms with Crippen LogP contribution in [0.2, 0.25) is 0 Å². The molecule has 0 aromatic rings. The molecule has 4 nitrogen and oxygen atoms in total. The summed E-state index contributed by atoms with van der Waals surface area (Å²) in [4.78, 5) is 12.4. The van der Waals surface area contributed by atoms with Gasteiger partial charge in [-0.25, -0.2) is 0 Å². The van der Waals surface area contributed by atoms with Crippen LogP contribution in [0.3, 0.4) is 0 Å². The molecule has 0 heterocycles. The first-order valence-electron chi connectivity index (χ1n) is 10.5. The Bertz CT molecular complexity index is 648. The van der Waals surface area contributed by atoms with Gasteiger partial charge in [0.1, 0.15) is 0 Å². The monoisotopic (exact) mass is 364 g/mol. The number of rotatable bonds is 2. The molecule has 26 heavy (non-hydrogen) atoms. The van der Waals surface area contributed by atoms with Crippen LogP contribution in [0, 0.1) is 33.0 Å². The zero-order valence-electron chi connectivity index (χ0n) is 16.9. The van der Waals surface area contributed by atoms with E-state index in [1.54, 1.807) is 0 Å². The molecule has 4 aliphatic carbocycles. The lowest BCUT2D eigenvalue weighted by Gasteiger charge is -2.73. The first kappa shape index (κ1) is 18.7. The number of fused-ring (bicyclic) bond motifs is 3. The minimum atomic E-state index is -0.938. The molecule has 4 saturated carbocycles. The van der Waals surface area contributed by atoms with Gasteiger partial charge in [0.2, 0.25) is 0 Å². The second-order valence-electron chi connectivity index (χ2n) is 11.1. The molecule has 0 amide bonds. The highest BCUT2D eigenvalue weighted by molar-refractivity contribution is 5.76. The molecular formula is C22H36O4. The summed E-state index contributed by atoms with van der Waals surface area (Å²) in [6, 6.07) is 0. The second-order valence-corrected chi connectivity index (χ2v) is 11.1. The molecule has 4 rings (SSSR count). The van der Waals surface area contributed by atoms with E-state index in [9.17, 15) is 20.1 Å². The molecule has 4 fully saturated rings. The molecular weight excluding hydrogens is 328 g/mol. The highest BCUT2D eigenvalue weighted by Crippen LogP contribution is 2.81. The molecule has 1 spiro atoms. The van der Waals surface area contributed by atoms with Crippen molar-refractivity contribution in [3.05, 3.63) is 0 Å². The third-order valence-corrected chi connectivity index (χ3v) is 11.1. The number of carboxylic acids is 1. The molecule has 0 aromatic heterocycles. The van der Waals surface area contributed by atoms with Gasteiger partial charge in [0.05, 0.1) is 17.6 Å². The summed E-state index contributed by atoms with van der Waals surface area (Å²) >= 11 is 0. The Morgan fingerprint density at radius 1 is 0.962 bits per heavy atom. The van der Waals surface area contributed by atoms with Crippen molar-refractivity contribution in [3.8, 4) is 0 Å². The van der Waals surface area contributed by atoms with E-state index < -0.39 is 17.0 Å². The summed E-state index contributed by atoms with van der Waals surface area (Å²) in [7, 11) is 0. The quantitative estimate of drug-likeness (QED) is 0.692. The second kappa shape index (κ2) is 5.05. The maximum absolute atomic E-state index is 12.4. The van der Waals surface area contributed by atoms with E-state index in [0.717, 1.165) is 51.4 Å². The predicted molar refractivity (Wildman–Crippen MR) is 99.6 cm³/mol. The highest BCUT2D eigenvalue weighted by atomic mass is 16.4. The van der Waals surface area contributed by atoms with Crippen LogP contribution in [0.1, 0.15) is 85.5 Å². The smallest absolute Gasteiger partial charge is 0.309 e. The normalized spacial score (nSPS) is 58.8. The molecule has 0 aromatic carbocycles. The molecule has 0 aliphatic heterocycles. The van der Waals surface area contributed by atoms with E-state index in [0.29, 0.717) is 6.42 Å². The van der Waals surface area contributed by atoms with Gasteiger partial charge in [-0.2, -0.15) is 0 Å². The van der Waals surface area contributed by atoms with Crippen molar-refractivity contribution in [2.24, 2.45) is 33.0 Å². The Kier molecular flexibility index (Phi) is 3.64. The van der Waals surface area contributed by atoms with Crippen LogP contribution in [-0.4, -0.2) is 33.5 Å². The lowest BCUT2D eigenvalue weighted by molar-refractivity contribution is -0.257. The SMILES string of the molecule is C[C@]12CCC34CC(CC[C@@]3(C)[C@]1(C)CCC[C@@]2(C)C(=O)O)[C@@](O)(CO)C4. The average Bonchev–Trinajstić information content (AvgIpc) is 2.84. The van der Waals surface area contributed by atoms with Gasteiger partial charge in [-0.15, -0.1) is 0 Å². The average molecular weight is 365 g/mol. The Morgan fingerprint density at radius 3 is 2.27 bits per heavy atom. The first-order valence-corrected chi connectivity index (χ1v) is 10.5. The lowest BCUT2D eigenvalue weighted by atomic mass is 9.30. The molecule has 0 radical (unpaired) electrons. The van der Waals surface area contributed by atoms with Crippen molar-refractivity contribution >= 4 is 5.97 Å². The first-order chi connectivity index (χ1) is 11.9. The molecule has 0 saturated heterocycles. The lowest BCUT2D eigenvalue weighted by Crippen LogP contribution is -2.68. The molecule has 4 aliphatic rings. The van der Waals surface area contributed by atoms with Gasteiger partial charge in [0.15, 0.2) is 0 Å². The number of hydrogen-bond acceptors (Lipinski definition) is 3. The Balaban J connectivity index is 1.85. The summed E-state index contributed by atoms with van der Waals surface area (Å²) in [5.74, 6) is -0.444. The van der Waals surface area contributed by atoms with E-state index in [2.05, 4.69) is 20.8 Å². The molecule has 4 heteroatoms. The van der Waals surface area contributed by atoms with Crippen molar-refractivity contribution in [1.29, 1.82) is 0 Å². The maximum Gasteiger partial charge on any atom is 0.309 e. The zero-order chi connectivity index (χ0) is 19.2. The summed E-state index contributed by atoms with van der Waals surface area (Å²) in [5.41, 5.74) is -1.87. The number of hydrogen-bond donors (Lipinski definition) is 3. The number of aliphatic hydroxyl groups excluding tert-OH is 1. The molecule has 7 atom stereocenters. The topological polar surface area (TPSA) is 77.8 Å². The van der Waals surface area contributed by atoms with Crippen LogP contribution in [-0.2, 0) is 4.79 Å². The largest absolute Gasteiger partial charge is 0.481 e. The Labute approximate surface area is 157 Å². The Hall–Kier alpha value is -0.610. The Morgan fingerprint density at radius 2 is 1.65 bits per heavy atom. The number of aliphatic hydroxyl groups is 2. The van der Waals surface area contributed by atoms with Crippen LogP contribution < -0.4 is 0 Å². The zero-order valence-corrected chi connectivity index (χ0v) is 16.9. The molecule has 148 valence electrons. The van der Waals surface area contributed by atoms with Gasteiger partial charge < -0.3 is 15.3 Å². The third-order valence-electron chi connectivity index (χ3n) is 11.1. The number of aliphatic carboxylic acids is 1. The van der Waals surface area contributed by atoms with E-state index in [1.807, 2.05) is 6.92 Å². The van der Waals surface area contributed by atoms with Gasteiger partial charge in [-0.05, 0) is 85.9 Å². The van der Waals surface area contributed by atoms with Crippen LogP contribution in [0.4, 0.5) is 0 Å². The van der Waals surface area contributed by atoms with Crippen LogP contribution in [0.15, 0.2) is 0 Å².